The van der Waals surface area contributed by atoms with E-state index in [1.165, 1.54) is 46.2 Å². The summed E-state index contributed by atoms with van der Waals surface area (Å²) in [5.74, 6) is 0.593. The van der Waals surface area contributed by atoms with E-state index in [4.69, 9.17) is 43.2 Å². The maximum absolute atomic E-state index is 10.4. The van der Waals surface area contributed by atoms with Crippen molar-refractivity contribution in [1.82, 2.24) is 0 Å². The van der Waals surface area contributed by atoms with Gasteiger partial charge in [0.05, 0.1) is 9.85 Å². The first kappa shape index (κ1) is 54.8. The number of carboxylic acid groups (broad SMARTS) is 2. The predicted molar refractivity (Wildman–Crippen MR) is 235 cm³/mol. The molecule has 0 saturated heterocycles. The molecule has 5 rings (SSSR count). The molecule has 306 valence electrons. The van der Waals surface area contributed by atoms with Gasteiger partial charge in [-0.15, -0.1) is 18.4 Å². The number of carboxylic acids is 2. The molecule has 0 atom stereocenters. The molecule has 0 heterocycles. The Morgan fingerprint density at radius 2 is 0.966 bits per heavy atom. The molecule has 0 amide bonds. The van der Waals surface area contributed by atoms with E-state index in [0.717, 1.165) is 13.8 Å². The predicted octanol–water partition coefficient (Wildman–Crippen LogP) is 8.80. The summed E-state index contributed by atoms with van der Waals surface area (Å²) in [7, 11) is -1.55. The number of terminal acetylenes is 2. The van der Waals surface area contributed by atoms with Gasteiger partial charge in [-0.25, -0.2) is 0 Å². The largest absolute Gasteiger partial charge is 0.481 e. The number of hydrogen-bond acceptors (Lipinski definition) is 8. The Balaban J connectivity index is 0. The van der Waals surface area contributed by atoms with Crippen LogP contribution in [0.5, 0.6) is 0 Å². The summed E-state index contributed by atoms with van der Waals surface area (Å²) < 4.78 is 0.591. The molecule has 0 radical (unpaired) electrons. The molecule has 0 unspecified atom stereocenters. The number of benzene rings is 5. The first-order valence-electron chi connectivity index (χ1n) is 16.6. The Bertz CT molecular complexity index is 2170. The minimum atomic E-state index is -1.10. The summed E-state index contributed by atoms with van der Waals surface area (Å²) in [5.41, 5.74) is 2.80. The minimum Gasteiger partial charge on any atom is -0.481 e. The van der Waals surface area contributed by atoms with Crippen LogP contribution in [0.4, 0.5) is 11.4 Å². The van der Waals surface area contributed by atoms with Crippen LogP contribution in [0.15, 0.2) is 132 Å². The van der Waals surface area contributed by atoms with Crippen LogP contribution in [0.25, 0.3) is 0 Å². The summed E-state index contributed by atoms with van der Waals surface area (Å²) in [5, 5.41) is 56.8. The van der Waals surface area contributed by atoms with Crippen LogP contribution in [0.3, 0.4) is 0 Å². The average Bonchev–Trinajstić information content (AvgIpc) is 3.19. The number of hydrogen-bond donors (Lipinski definition) is 2. The SMILES string of the molecule is C#C[Si](C)(C)C.C#Cc1ccc(C#N)c([N+](=O)[O-])c1.CC(=O)O.CC(=O)O.N#Cc1ccc(Br)cc1[N+](=O)[O-].[Pd].c1ccc(P(c2ccccc2)c2ccccc2)cc1. The Hall–Kier alpha value is -6.27. The molecule has 0 spiro atoms. The molecule has 12 nitrogen and oxygen atoms in total. The first-order chi connectivity index (χ1) is 27.3. The zero-order valence-corrected chi connectivity index (χ0v) is 37.6. The van der Waals surface area contributed by atoms with Crippen molar-refractivity contribution in [3.8, 4) is 36.4 Å². The van der Waals surface area contributed by atoms with Gasteiger partial charge in [-0.2, -0.15) is 10.5 Å². The van der Waals surface area contributed by atoms with Gasteiger partial charge in [-0.3, -0.25) is 29.8 Å². The molecule has 0 aliphatic heterocycles. The number of nitriles is 2. The number of rotatable bonds is 5. The van der Waals surface area contributed by atoms with E-state index in [1.807, 2.05) is 0 Å². The van der Waals surface area contributed by atoms with Gasteiger partial charge >= 0.3 is 0 Å². The van der Waals surface area contributed by atoms with Crippen LogP contribution in [-0.2, 0) is 30.0 Å². The Labute approximate surface area is 368 Å². The molecule has 16 heteroatoms. The average molecular weight is 986 g/mol. The van der Waals surface area contributed by atoms with E-state index < -0.39 is 37.8 Å². The fraction of sp³-hybridized carbons (Fsp3) is 0.116. The quantitative estimate of drug-likeness (QED) is 0.0562. The normalized spacial score (nSPS) is 9.00. The number of nitro groups is 2. The third kappa shape index (κ3) is 24.2. The van der Waals surface area contributed by atoms with E-state index in [0.29, 0.717) is 10.0 Å². The van der Waals surface area contributed by atoms with Crippen LogP contribution in [0.2, 0.25) is 19.6 Å². The van der Waals surface area contributed by atoms with Crippen molar-refractivity contribution in [2.75, 3.05) is 0 Å². The van der Waals surface area contributed by atoms with Crippen molar-refractivity contribution >= 4 is 71.2 Å². The van der Waals surface area contributed by atoms with E-state index >= 15 is 0 Å². The number of nitro benzene ring substituents is 2. The molecule has 59 heavy (non-hydrogen) atoms. The van der Waals surface area contributed by atoms with E-state index in [-0.39, 0.29) is 42.9 Å². The monoisotopic (exact) mass is 984 g/mol. The fourth-order valence-corrected chi connectivity index (χ4v) is 6.45. The summed E-state index contributed by atoms with van der Waals surface area (Å²) in [6.07, 6.45) is 10.2. The molecule has 0 bridgehead atoms. The molecule has 0 aromatic heterocycles. The number of nitrogens with zero attached hydrogens (tertiary/aromatic N) is 4. The topological polar surface area (TPSA) is 208 Å². The standard InChI is InChI=1S/C18H15P.C9H4N2O2.C7H3BrN2O2.C5H10Si.2C2H4O2.Pd/c1-4-10-16(11-5-1)19(17-12-6-2-7-13-17)18-14-8-3-9-15-18;1-2-7-3-4-8(6-10)9(5-7)11(12)13;8-6-2-1-5(4-9)7(3-6)10(11)12;1-5-6(2,3)4;2*1-2(3)4;/h1-15H;1,3-5H;1-3H;1H,2-4H3;2*1H3,(H,3,4);. The third-order valence-corrected chi connectivity index (χ3v) is 10.0. The molecule has 0 aliphatic rings. The van der Waals surface area contributed by atoms with Crippen LogP contribution < -0.4 is 15.9 Å². The molecule has 5 aromatic carbocycles. The Morgan fingerprint density at radius 3 is 1.24 bits per heavy atom. The van der Waals surface area contributed by atoms with Crippen molar-refractivity contribution in [3.63, 3.8) is 0 Å². The van der Waals surface area contributed by atoms with Gasteiger partial charge in [0.15, 0.2) is 0 Å². The van der Waals surface area contributed by atoms with Crippen LogP contribution in [0.1, 0.15) is 30.5 Å². The van der Waals surface area contributed by atoms with Crippen molar-refractivity contribution in [2.45, 2.75) is 33.5 Å². The van der Waals surface area contributed by atoms with Gasteiger partial charge in [0.25, 0.3) is 23.3 Å². The Morgan fingerprint density at radius 1 is 0.661 bits per heavy atom. The number of carbonyl (C=O) groups is 2. The Kier molecular flexibility index (Phi) is 27.8. The first-order valence-corrected chi connectivity index (χ1v) is 22.3. The van der Waals surface area contributed by atoms with Crippen LogP contribution in [-0.4, -0.2) is 40.1 Å². The number of aliphatic carboxylic acids is 2. The molecule has 0 saturated carbocycles. The van der Waals surface area contributed by atoms with Crippen molar-refractivity contribution < 1.29 is 50.1 Å². The molecule has 0 aliphatic carbocycles. The van der Waals surface area contributed by atoms with E-state index in [9.17, 15) is 20.2 Å². The summed E-state index contributed by atoms with van der Waals surface area (Å²) >= 11 is 3.08. The second-order valence-corrected chi connectivity index (χ2v) is 20.0. The van der Waals surface area contributed by atoms with Gasteiger partial charge < -0.3 is 10.2 Å². The second kappa shape index (κ2) is 29.9. The van der Waals surface area contributed by atoms with E-state index in [2.05, 4.69) is 138 Å². The van der Waals surface area contributed by atoms with Gasteiger partial charge in [-0.1, -0.05) is 132 Å². The minimum absolute atomic E-state index is 0. The molecular formula is C43H40BrN4O8PPdSi. The zero-order valence-electron chi connectivity index (χ0n) is 32.6. The van der Waals surface area contributed by atoms with Gasteiger partial charge in [-0.05, 0) is 48.1 Å². The fourth-order valence-electron chi connectivity index (χ4n) is 3.80. The zero-order chi connectivity index (χ0) is 44.3. The molecule has 5 aromatic rings. The molecular weight excluding hydrogens is 946 g/mol. The van der Waals surface area contributed by atoms with Crippen molar-refractivity contribution in [1.29, 1.82) is 10.5 Å². The summed E-state index contributed by atoms with van der Waals surface area (Å²) in [4.78, 5) is 37.6. The molecule has 2 N–H and O–H groups in total. The third-order valence-electron chi connectivity index (χ3n) is 6.23. The van der Waals surface area contributed by atoms with Crippen molar-refractivity contribution in [2.24, 2.45) is 0 Å². The maximum Gasteiger partial charge on any atom is 0.300 e. The van der Waals surface area contributed by atoms with Gasteiger partial charge in [0.2, 0.25) is 0 Å². The van der Waals surface area contributed by atoms with Crippen molar-refractivity contribution in [3.05, 3.63) is 169 Å². The molecule has 0 fully saturated rings. The van der Waals surface area contributed by atoms with Gasteiger partial charge in [0.1, 0.15) is 31.3 Å². The smallest absolute Gasteiger partial charge is 0.300 e. The summed E-state index contributed by atoms with van der Waals surface area (Å²) in [6.45, 7) is 8.60. The number of halogens is 1. The van der Waals surface area contributed by atoms with E-state index in [1.54, 1.807) is 18.2 Å². The van der Waals surface area contributed by atoms with Gasteiger partial charge in [0, 0.05) is 56.4 Å². The second-order valence-electron chi connectivity index (χ2n) is 12.0. The van der Waals surface area contributed by atoms with Crippen LogP contribution >= 0.6 is 23.9 Å². The maximum atomic E-state index is 10.4. The summed E-state index contributed by atoms with van der Waals surface area (Å²) in [6, 6.07) is 44.1. The van der Waals surface area contributed by atoms with Crippen LogP contribution in [0, 0.1) is 67.2 Å².